The number of anilines is 1. The molecule has 0 aliphatic heterocycles. The molecular weight excluding hydrogens is 239 g/mol. The largest absolute Gasteiger partial charge is 0.378 e. The Morgan fingerprint density at radius 2 is 1.74 bits per heavy atom. The lowest BCUT2D eigenvalue weighted by Gasteiger charge is -2.30. The van der Waals surface area contributed by atoms with Crippen LogP contribution in [0.3, 0.4) is 0 Å². The fourth-order valence-corrected chi connectivity index (χ4v) is 2.85. The van der Waals surface area contributed by atoms with Crippen LogP contribution in [0.4, 0.5) is 10.1 Å². The van der Waals surface area contributed by atoms with Crippen molar-refractivity contribution in [1.82, 2.24) is 0 Å². The summed E-state index contributed by atoms with van der Waals surface area (Å²) in [5, 5.41) is 3.43. The van der Waals surface area contributed by atoms with Crippen LogP contribution in [-0.2, 0) is 12.8 Å². The number of rotatable bonds is 3. The summed E-state index contributed by atoms with van der Waals surface area (Å²) in [6.07, 6.45) is 1.77. The van der Waals surface area contributed by atoms with Gasteiger partial charge in [0, 0.05) is 12.2 Å². The fraction of sp³-hybridized carbons (Fsp3) is 0.250. The van der Waals surface area contributed by atoms with E-state index >= 15 is 0 Å². The molecule has 0 unspecified atom stereocenters. The van der Waals surface area contributed by atoms with Gasteiger partial charge in [0.25, 0.3) is 0 Å². The Balaban J connectivity index is 1.87. The highest BCUT2D eigenvalue weighted by Gasteiger charge is 2.35. The lowest BCUT2D eigenvalue weighted by molar-refractivity contribution is 0.503. The number of hydrogen-bond donors (Lipinski definition) is 2. The predicted molar refractivity (Wildman–Crippen MR) is 75.7 cm³/mol. The summed E-state index contributed by atoms with van der Waals surface area (Å²) in [5.41, 5.74) is 9.23. The third kappa shape index (κ3) is 2.34. The van der Waals surface area contributed by atoms with Crippen molar-refractivity contribution in [2.75, 3.05) is 11.9 Å². The normalized spacial score (nSPS) is 16.1. The second-order valence-corrected chi connectivity index (χ2v) is 5.24. The quantitative estimate of drug-likeness (QED) is 0.886. The van der Waals surface area contributed by atoms with Gasteiger partial charge in [-0.25, -0.2) is 4.39 Å². The molecule has 2 aromatic rings. The first-order valence-electron chi connectivity index (χ1n) is 6.51. The van der Waals surface area contributed by atoms with Gasteiger partial charge in [0.15, 0.2) is 0 Å². The summed E-state index contributed by atoms with van der Waals surface area (Å²) in [6.45, 7) is 0.526. The van der Waals surface area contributed by atoms with Crippen LogP contribution < -0.4 is 11.1 Å². The van der Waals surface area contributed by atoms with Gasteiger partial charge in [0.1, 0.15) is 5.82 Å². The molecule has 3 heteroatoms. The van der Waals surface area contributed by atoms with Gasteiger partial charge in [-0.1, -0.05) is 30.3 Å². The Morgan fingerprint density at radius 1 is 1.05 bits per heavy atom. The van der Waals surface area contributed by atoms with E-state index in [0.717, 1.165) is 18.5 Å². The van der Waals surface area contributed by atoms with Gasteiger partial charge in [-0.3, -0.25) is 0 Å². The molecule has 0 radical (unpaired) electrons. The van der Waals surface area contributed by atoms with E-state index in [2.05, 4.69) is 17.4 Å². The number of nitrogens with one attached hydrogen (secondary N) is 1. The van der Waals surface area contributed by atoms with Crippen molar-refractivity contribution in [1.29, 1.82) is 0 Å². The number of fused-ring (bicyclic) bond motifs is 1. The maximum Gasteiger partial charge on any atom is 0.125 e. The van der Waals surface area contributed by atoms with Crippen LogP contribution in [0.5, 0.6) is 0 Å². The molecule has 0 amide bonds. The van der Waals surface area contributed by atoms with Gasteiger partial charge >= 0.3 is 0 Å². The smallest absolute Gasteiger partial charge is 0.125 e. The number of halogens is 1. The van der Waals surface area contributed by atoms with E-state index in [1.807, 2.05) is 18.2 Å². The summed E-state index contributed by atoms with van der Waals surface area (Å²) in [5.74, 6) is -0.229. The van der Waals surface area contributed by atoms with Crippen molar-refractivity contribution in [3.8, 4) is 0 Å². The summed E-state index contributed by atoms with van der Waals surface area (Å²) in [7, 11) is 0. The second kappa shape index (κ2) is 4.67. The molecular formula is C16H17FN2. The van der Waals surface area contributed by atoms with Crippen LogP contribution in [-0.4, -0.2) is 12.1 Å². The van der Waals surface area contributed by atoms with Gasteiger partial charge in [0.05, 0.1) is 5.54 Å². The van der Waals surface area contributed by atoms with E-state index in [1.54, 1.807) is 6.07 Å². The highest BCUT2D eigenvalue weighted by Crippen LogP contribution is 2.32. The van der Waals surface area contributed by atoms with Crippen molar-refractivity contribution in [2.24, 2.45) is 5.73 Å². The van der Waals surface area contributed by atoms with Gasteiger partial charge in [-0.05, 0) is 42.2 Å². The molecule has 0 bridgehead atoms. The average molecular weight is 256 g/mol. The minimum absolute atomic E-state index is 0.197. The molecule has 3 N–H and O–H groups in total. The minimum atomic E-state index is -0.229. The van der Waals surface area contributed by atoms with Crippen molar-refractivity contribution in [3.63, 3.8) is 0 Å². The number of nitrogens with two attached hydrogens (primary N) is 1. The topological polar surface area (TPSA) is 38.0 Å². The van der Waals surface area contributed by atoms with Gasteiger partial charge in [0.2, 0.25) is 0 Å². The molecule has 19 heavy (non-hydrogen) atoms. The highest BCUT2D eigenvalue weighted by molar-refractivity contribution is 5.50. The van der Waals surface area contributed by atoms with E-state index in [0.29, 0.717) is 6.54 Å². The molecule has 1 aliphatic rings. The third-order valence-electron chi connectivity index (χ3n) is 3.80. The van der Waals surface area contributed by atoms with Crippen LogP contribution in [0, 0.1) is 5.82 Å². The van der Waals surface area contributed by atoms with Crippen molar-refractivity contribution in [2.45, 2.75) is 18.4 Å². The molecule has 0 atom stereocenters. The third-order valence-corrected chi connectivity index (χ3v) is 3.80. The SMILES string of the molecule is NCC1(Nc2cccc(F)c2)Cc2ccccc2C1. The van der Waals surface area contributed by atoms with Crippen LogP contribution in [0.15, 0.2) is 48.5 Å². The van der Waals surface area contributed by atoms with Crippen LogP contribution >= 0.6 is 0 Å². The summed E-state index contributed by atoms with van der Waals surface area (Å²) in [4.78, 5) is 0. The Labute approximate surface area is 112 Å². The van der Waals surface area contributed by atoms with Gasteiger partial charge in [-0.2, -0.15) is 0 Å². The molecule has 0 saturated carbocycles. The summed E-state index contributed by atoms with van der Waals surface area (Å²) < 4.78 is 13.3. The molecule has 2 nitrogen and oxygen atoms in total. The lowest BCUT2D eigenvalue weighted by Crippen LogP contribution is -2.46. The van der Waals surface area contributed by atoms with Crippen LogP contribution in [0.1, 0.15) is 11.1 Å². The summed E-state index contributed by atoms with van der Waals surface area (Å²) >= 11 is 0. The molecule has 0 spiro atoms. The van der Waals surface area contributed by atoms with Crippen molar-refractivity contribution < 1.29 is 4.39 Å². The van der Waals surface area contributed by atoms with Crippen molar-refractivity contribution >= 4 is 5.69 Å². The zero-order chi connectivity index (χ0) is 13.3. The first kappa shape index (κ1) is 12.2. The zero-order valence-electron chi connectivity index (χ0n) is 10.7. The van der Waals surface area contributed by atoms with E-state index < -0.39 is 0 Å². The maximum atomic E-state index is 13.3. The lowest BCUT2D eigenvalue weighted by atomic mass is 9.95. The molecule has 2 aromatic carbocycles. The molecule has 3 rings (SSSR count). The molecule has 98 valence electrons. The molecule has 0 fully saturated rings. The van der Waals surface area contributed by atoms with E-state index in [-0.39, 0.29) is 11.4 Å². The number of benzene rings is 2. The number of hydrogen-bond acceptors (Lipinski definition) is 2. The molecule has 0 heterocycles. The average Bonchev–Trinajstić information content (AvgIpc) is 2.77. The Kier molecular flexibility index (Phi) is 2.99. The first-order chi connectivity index (χ1) is 9.21. The fourth-order valence-electron chi connectivity index (χ4n) is 2.85. The Bertz CT molecular complexity index is 570. The molecule has 1 aliphatic carbocycles. The van der Waals surface area contributed by atoms with E-state index in [1.165, 1.54) is 23.3 Å². The minimum Gasteiger partial charge on any atom is -0.378 e. The predicted octanol–water partition coefficient (Wildman–Crippen LogP) is 2.73. The molecule has 0 saturated heterocycles. The van der Waals surface area contributed by atoms with Gasteiger partial charge in [-0.15, -0.1) is 0 Å². The molecule has 0 aromatic heterocycles. The highest BCUT2D eigenvalue weighted by atomic mass is 19.1. The summed E-state index contributed by atoms with van der Waals surface area (Å²) in [6, 6.07) is 14.9. The monoisotopic (exact) mass is 256 g/mol. The van der Waals surface area contributed by atoms with Crippen molar-refractivity contribution in [3.05, 3.63) is 65.5 Å². The zero-order valence-corrected chi connectivity index (χ0v) is 10.7. The van der Waals surface area contributed by atoms with Crippen LogP contribution in [0.2, 0.25) is 0 Å². The Morgan fingerprint density at radius 3 is 2.32 bits per heavy atom. The Hall–Kier alpha value is -1.87. The first-order valence-corrected chi connectivity index (χ1v) is 6.51. The maximum absolute atomic E-state index is 13.3. The second-order valence-electron chi connectivity index (χ2n) is 5.24. The van der Waals surface area contributed by atoms with Gasteiger partial charge < -0.3 is 11.1 Å². The van der Waals surface area contributed by atoms with E-state index in [9.17, 15) is 4.39 Å². The standard InChI is InChI=1S/C16H17FN2/c17-14-6-3-7-15(8-14)19-16(11-18)9-12-4-1-2-5-13(12)10-16/h1-8,19H,9-11,18H2. The van der Waals surface area contributed by atoms with Crippen LogP contribution in [0.25, 0.3) is 0 Å². The van der Waals surface area contributed by atoms with E-state index in [4.69, 9.17) is 5.73 Å².